The summed E-state index contributed by atoms with van der Waals surface area (Å²) in [6.45, 7) is 6.95. The molecule has 7 nitrogen and oxygen atoms in total. The van der Waals surface area contributed by atoms with Crippen molar-refractivity contribution in [2.75, 3.05) is 26.8 Å². The predicted octanol–water partition coefficient (Wildman–Crippen LogP) is 2.48. The van der Waals surface area contributed by atoms with E-state index in [4.69, 9.17) is 9.47 Å². The Morgan fingerprint density at radius 1 is 1.19 bits per heavy atom. The average Bonchev–Trinajstić information content (AvgIpc) is 2.96. The van der Waals surface area contributed by atoms with Gasteiger partial charge in [-0.05, 0) is 37.7 Å². The van der Waals surface area contributed by atoms with E-state index in [0.717, 1.165) is 19.3 Å². The molecule has 1 amide bonds. The molecule has 1 saturated heterocycles. The molecule has 0 aliphatic carbocycles. The van der Waals surface area contributed by atoms with Crippen LogP contribution in [0, 0.1) is 12.8 Å². The van der Waals surface area contributed by atoms with Gasteiger partial charge in [-0.3, -0.25) is 4.79 Å². The lowest BCUT2D eigenvalue weighted by Gasteiger charge is -2.30. The molecule has 2 rings (SSSR count). The van der Waals surface area contributed by atoms with Crippen LogP contribution in [0.15, 0.2) is 0 Å². The fourth-order valence-corrected chi connectivity index (χ4v) is 3.28. The molecular weight excluding hydrogens is 336 g/mol. The molecule has 0 saturated carbocycles. The standard InChI is InChI=1S/C19H28N2O5/c1-5-6-14-16(18(23)25-4)13(3)20-17(14)19(24)26-11-15(22)21-9-7-12(2)8-10-21/h12,20H,5-11H2,1-4H3. The molecule has 0 unspecified atom stereocenters. The highest BCUT2D eigenvalue weighted by Gasteiger charge is 2.27. The van der Waals surface area contributed by atoms with Crippen LogP contribution in [0.25, 0.3) is 0 Å². The number of nitrogens with one attached hydrogen (secondary N) is 1. The smallest absolute Gasteiger partial charge is 0.355 e. The summed E-state index contributed by atoms with van der Waals surface area (Å²) in [5.74, 6) is -0.666. The van der Waals surface area contributed by atoms with E-state index >= 15 is 0 Å². The number of carbonyl (C=O) groups is 3. The highest BCUT2D eigenvalue weighted by molar-refractivity contribution is 5.99. The molecule has 0 radical (unpaired) electrons. The second kappa shape index (κ2) is 8.87. The summed E-state index contributed by atoms with van der Waals surface area (Å²) in [5, 5.41) is 0. The van der Waals surface area contributed by atoms with E-state index in [1.807, 2.05) is 6.92 Å². The van der Waals surface area contributed by atoms with Crippen LogP contribution in [0.4, 0.5) is 0 Å². The molecule has 144 valence electrons. The van der Waals surface area contributed by atoms with Crippen molar-refractivity contribution in [3.8, 4) is 0 Å². The van der Waals surface area contributed by atoms with Crippen molar-refractivity contribution in [1.82, 2.24) is 9.88 Å². The van der Waals surface area contributed by atoms with Gasteiger partial charge in [0.1, 0.15) is 5.69 Å². The number of hydrogen-bond acceptors (Lipinski definition) is 5. The first-order valence-corrected chi connectivity index (χ1v) is 9.13. The number of rotatable bonds is 6. The van der Waals surface area contributed by atoms with Crippen LogP contribution in [0.2, 0.25) is 0 Å². The van der Waals surface area contributed by atoms with Crippen LogP contribution in [0.5, 0.6) is 0 Å². The number of aromatic nitrogens is 1. The molecule has 2 heterocycles. The van der Waals surface area contributed by atoms with Gasteiger partial charge in [-0.1, -0.05) is 20.3 Å². The highest BCUT2D eigenvalue weighted by atomic mass is 16.5. The molecule has 1 aliphatic heterocycles. The second-order valence-corrected chi connectivity index (χ2v) is 6.86. The molecule has 1 aromatic rings. The van der Waals surface area contributed by atoms with Crippen molar-refractivity contribution < 1.29 is 23.9 Å². The van der Waals surface area contributed by atoms with E-state index in [1.165, 1.54) is 7.11 Å². The van der Waals surface area contributed by atoms with Gasteiger partial charge < -0.3 is 19.4 Å². The van der Waals surface area contributed by atoms with Crippen molar-refractivity contribution in [2.24, 2.45) is 5.92 Å². The predicted molar refractivity (Wildman–Crippen MR) is 96.1 cm³/mol. The SMILES string of the molecule is CCCc1c(C(=O)OCC(=O)N2CCC(C)CC2)[nH]c(C)c1C(=O)OC. The molecule has 0 atom stereocenters. The first kappa shape index (κ1) is 20.0. The van der Waals surface area contributed by atoms with Crippen LogP contribution in [-0.2, 0) is 20.7 Å². The number of aryl methyl sites for hydroxylation is 1. The highest BCUT2D eigenvalue weighted by Crippen LogP contribution is 2.23. The Hall–Kier alpha value is -2.31. The van der Waals surface area contributed by atoms with Crippen molar-refractivity contribution >= 4 is 17.8 Å². The van der Waals surface area contributed by atoms with Gasteiger partial charge in [-0.25, -0.2) is 9.59 Å². The Labute approximate surface area is 154 Å². The summed E-state index contributed by atoms with van der Waals surface area (Å²) in [7, 11) is 1.31. The number of likely N-dealkylation sites (tertiary alicyclic amines) is 1. The molecule has 1 N–H and O–H groups in total. The minimum absolute atomic E-state index is 0.182. The van der Waals surface area contributed by atoms with Gasteiger partial charge in [0, 0.05) is 18.8 Å². The summed E-state index contributed by atoms with van der Waals surface area (Å²) in [6.07, 6.45) is 3.24. The molecule has 0 spiro atoms. The van der Waals surface area contributed by atoms with Crippen molar-refractivity contribution in [3.63, 3.8) is 0 Å². The zero-order chi connectivity index (χ0) is 19.3. The maximum atomic E-state index is 12.5. The third-order valence-corrected chi connectivity index (χ3v) is 4.85. The minimum Gasteiger partial charge on any atom is -0.465 e. The second-order valence-electron chi connectivity index (χ2n) is 6.86. The van der Waals surface area contributed by atoms with Crippen LogP contribution in [-0.4, -0.2) is 54.5 Å². The van der Waals surface area contributed by atoms with Gasteiger partial charge in [0.2, 0.25) is 0 Å². The van der Waals surface area contributed by atoms with Gasteiger partial charge in [-0.15, -0.1) is 0 Å². The summed E-state index contributed by atoms with van der Waals surface area (Å²) in [6, 6.07) is 0. The van der Waals surface area contributed by atoms with Gasteiger partial charge in [0.15, 0.2) is 6.61 Å². The van der Waals surface area contributed by atoms with Crippen molar-refractivity contribution in [2.45, 2.75) is 46.5 Å². The van der Waals surface area contributed by atoms with Crippen molar-refractivity contribution in [3.05, 3.63) is 22.5 Å². The number of nitrogens with zero attached hydrogens (tertiary/aromatic N) is 1. The van der Waals surface area contributed by atoms with E-state index in [0.29, 0.717) is 42.2 Å². The van der Waals surface area contributed by atoms with Gasteiger partial charge >= 0.3 is 11.9 Å². The number of H-pyrrole nitrogens is 1. The molecule has 1 fully saturated rings. The molecule has 0 bridgehead atoms. The third-order valence-electron chi connectivity index (χ3n) is 4.85. The summed E-state index contributed by atoms with van der Waals surface area (Å²) in [5.41, 5.74) is 1.74. The summed E-state index contributed by atoms with van der Waals surface area (Å²) < 4.78 is 10.0. The molecular formula is C19H28N2O5. The number of esters is 2. The number of methoxy groups -OCH3 is 1. The van der Waals surface area contributed by atoms with Crippen molar-refractivity contribution in [1.29, 1.82) is 0 Å². The third kappa shape index (κ3) is 4.45. The molecule has 7 heteroatoms. The Balaban J connectivity index is 2.07. The Bertz CT molecular complexity index is 672. The van der Waals surface area contributed by atoms with Gasteiger partial charge in [0.25, 0.3) is 5.91 Å². The molecule has 26 heavy (non-hydrogen) atoms. The van der Waals surface area contributed by atoms with E-state index in [2.05, 4.69) is 11.9 Å². The molecule has 1 aromatic heterocycles. The number of ether oxygens (including phenoxy) is 2. The zero-order valence-corrected chi connectivity index (χ0v) is 16.0. The van der Waals surface area contributed by atoms with Crippen LogP contribution < -0.4 is 0 Å². The normalized spacial score (nSPS) is 15.0. The first-order valence-electron chi connectivity index (χ1n) is 9.13. The quantitative estimate of drug-likeness (QED) is 0.784. The Morgan fingerprint density at radius 2 is 1.85 bits per heavy atom. The molecule has 0 aromatic carbocycles. The number of carbonyl (C=O) groups excluding carboxylic acids is 3. The summed E-state index contributed by atoms with van der Waals surface area (Å²) in [4.78, 5) is 41.4. The fraction of sp³-hybridized carbons (Fsp3) is 0.632. The lowest BCUT2D eigenvalue weighted by atomic mass is 9.99. The Morgan fingerprint density at radius 3 is 2.42 bits per heavy atom. The van der Waals surface area contributed by atoms with Crippen LogP contribution >= 0.6 is 0 Å². The van der Waals surface area contributed by atoms with E-state index in [9.17, 15) is 14.4 Å². The minimum atomic E-state index is -0.620. The average molecular weight is 364 g/mol. The summed E-state index contributed by atoms with van der Waals surface area (Å²) >= 11 is 0. The number of amides is 1. The van der Waals surface area contributed by atoms with E-state index in [-0.39, 0.29) is 18.2 Å². The monoisotopic (exact) mass is 364 g/mol. The van der Waals surface area contributed by atoms with E-state index < -0.39 is 11.9 Å². The van der Waals surface area contributed by atoms with Gasteiger partial charge in [-0.2, -0.15) is 0 Å². The Kier molecular flexibility index (Phi) is 6.83. The van der Waals surface area contributed by atoms with Crippen LogP contribution in [0.1, 0.15) is 65.2 Å². The lowest BCUT2D eigenvalue weighted by molar-refractivity contribution is -0.135. The maximum Gasteiger partial charge on any atom is 0.355 e. The van der Waals surface area contributed by atoms with Gasteiger partial charge in [0.05, 0.1) is 12.7 Å². The van der Waals surface area contributed by atoms with E-state index in [1.54, 1.807) is 11.8 Å². The van der Waals surface area contributed by atoms with Crippen LogP contribution in [0.3, 0.4) is 0 Å². The number of hydrogen-bond donors (Lipinski definition) is 1. The fourth-order valence-electron chi connectivity index (χ4n) is 3.28. The number of aromatic amines is 1. The first-order chi connectivity index (χ1) is 12.4. The zero-order valence-electron chi connectivity index (χ0n) is 16.0. The maximum absolute atomic E-state index is 12.5. The largest absolute Gasteiger partial charge is 0.465 e. The lowest BCUT2D eigenvalue weighted by Crippen LogP contribution is -2.40. The molecule has 1 aliphatic rings. The topological polar surface area (TPSA) is 88.7 Å². The number of piperidine rings is 1.